The lowest BCUT2D eigenvalue weighted by atomic mass is 9.83. The Morgan fingerprint density at radius 1 is 0.907 bits per heavy atom. The van der Waals surface area contributed by atoms with Crippen molar-refractivity contribution in [2.45, 2.75) is 39.7 Å². The third-order valence-corrected chi connectivity index (χ3v) is 9.63. The van der Waals surface area contributed by atoms with Crippen LogP contribution in [-0.2, 0) is 6.42 Å². The largest absolute Gasteiger partial charge is 0.493 e. The number of methoxy groups -OCH3 is 2. The Kier molecular flexibility index (Phi) is 6.70. The maximum Gasteiger partial charge on any atom is 0.271 e. The summed E-state index contributed by atoms with van der Waals surface area (Å²) >= 11 is 1.45. The van der Waals surface area contributed by atoms with E-state index >= 15 is 0 Å². The maximum atomic E-state index is 14.3. The fourth-order valence-electron chi connectivity index (χ4n) is 6.51. The maximum absolute atomic E-state index is 14.3. The van der Waals surface area contributed by atoms with Gasteiger partial charge >= 0.3 is 0 Å². The minimum absolute atomic E-state index is 0.0333. The van der Waals surface area contributed by atoms with Crippen LogP contribution in [0.15, 0.2) is 88.2 Å². The lowest BCUT2D eigenvalue weighted by Crippen LogP contribution is -2.38. The Morgan fingerprint density at radius 3 is 2.44 bits per heavy atom. The van der Waals surface area contributed by atoms with Gasteiger partial charge in [0.2, 0.25) is 0 Å². The summed E-state index contributed by atoms with van der Waals surface area (Å²) in [6.07, 6.45) is 3.76. The van der Waals surface area contributed by atoms with Crippen molar-refractivity contribution < 1.29 is 9.47 Å². The molecule has 7 rings (SSSR count). The molecule has 2 aromatic heterocycles. The summed E-state index contributed by atoms with van der Waals surface area (Å²) in [7, 11) is 3.27. The second-order valence-corrected chi connectivity index (χ2v) is 12.2. The SMILES string of the molecule is COc1ccc([C@@H]2C3=C(N=c4s/c(=C/c5cc(C)n(-c6ccc(C)cc6)c5C)c(=O)n42)c2ccccc2CC3)cc1OC. The van der Waals surface area contributed by atoms with Gasteiger partial charge in [0.15, 0.2) is 16.3 Å². The van der Waals surface area contributed by atoms with E-state index in [4.69, 9.17) is 14.5 Å². The molecule has 1 aliphatic heterocycles. The van der Waals surface area contributed by atoms with Crippen molar-refractivity contribution in [1.29, 1.82) is 0 Å². The van der Waals surface area contributed by atoms with E-state index in [1.807, 2.05) is 28.8 Å². The van der Waals surface area contributed by atoms with E-state index in [0.29, 0.717) is 20.8 Å². The van der Waals surface area contributed by atoms with E-state index in [-0.39, 0.29) is 11.6 Å². The molecule has 0 bridgehead atoms. The third kappa shape index (κ3) is 4.46. The van der Waals surface area contributed by atoms with Crippen LogP contribution in [0, 0.1) is 20.8 Å². The summed E-state index contributed by atoms with van der Waals surface area (Å²) in [5.74, 6) is 1.30. The number of hydrogen-bond donors (Lipinski definition) is 0. The minimum atomic E-state index is -0.290. The molecule has 0 spiro atoms. The molecule has 0 N–H and O–H groups in total. The average molecular weight is 588 g/mol. The number of fused-ring (bicyclic) bond motifs is 3. The number of rotatable bonds is 5. The van der Waals surface area contributed by atoms with Crippen molar-refractivity contribution in [1.82, 2.24) is 9.13 Å². The number of allylic oxidation sites excluding steroid dienone is 1. The van der Waals surface area contributed by atoms with Gasteiger partial charge in [-0.05, 0) is 92.3 Å². The predicted molar refractivity (Wildman–Crippen MR) is 172 cm³/mol. The first-order valence-electron chi connectivity index (χ1n) is 14.5. The molecular weight excluding hydrogens is 554 g/mol. The summed E-state index contributed by atoms with van der Waals surface area (Å²) in [4.78, 5) is 20.2. The van der Waals surface area contributed by atoms with Crippen LogP contribution in [0.2, 0.25) is 0 Å². The summed E-state index contributed by atoms with van der Waals surface area (Å²) in [6, 6.07) is 24.8. The quantitative estimate of drug-likeness (QED) is 0.252. The van der Waals surface area contributed by atoms with Crippen LogP contribution in [0.4, 0.5) is 0 Å². The Hall–Kier alpha value is -4.62. The number of ether oxygens (including phenoxy) is 2. The normalized spacial score (nSPS) is 15.9. The lowest BCUT2D eigenvalue weighted by molar-refractivity contribution is 0.354. The van der Waals surface area contributed by atoms with E-state index in [0.717, 1.165) is 57.9 Å². The van der Waals surface area contributed by atoms with Crippen molar-refractivity contribution in [2.75, 3.05) is 14.2 Å². The monoisotopic (exact) mass is 587 g/mol. The first kappa shape index (κ1) is 27.2. The zero-order valence-electron chi connectivity index (χ0n) is 25.0. The second-order valence-electron chi connectivity index (χ2n) is 11.2. The van der Waals surface area contributed by atoms with Gasteiger partial charge in [0.1, 0.15) is 0 Å². The molecule has 5 aromatic rings. The van der Waals surface area contributed by atoms with E-state index in [1.54, 1.807) is 14.2 Å². The van der Waals surface area contributed by atoms with Gasteiger partial charge in [-0.25, -0.2) is 4.99 Å². The van der Waals surface area contributed by atoms with Crippen LogP contribution in [0.25, 0.3) is 17.5 Å². The Bertz CT molecular complexity index is 2110. The molecular formula is C36H33N3O3S. The molecule has 0 fully saturated rings. The Balaban J connectivity index is 1.44. The van der Waals surface area contributed by atoms with Crippen molar-refractivity contribution in [3.05, 3.63) is 137 Å². The molecule has 1 atom stereocenters. The molecule has 0 unspecified atom stereocenters. The summed E-state index contributed by atoms with van der Waals surface area (Å²) < 4.78 is 16.0. The smallest absolute Gasteiger partial charge is 0.271 e. The van der Waals surface area contributed by atoms with Gasteiger partial charge in [-0.15, -0.1) is 0 Å². The van der Waals surface area contributed by atoms with Crippen LogP contribution in [0.1, 0.15) is 51.7 Å². The number of hydrogen-bond acceptors (Lipinski definition) is 5. The highest BCUT2D eigenvalue weighted by Gasteiger charge is 2.33. The van der Waals surface area contributed by atoms with Crippen molar-refractivity contribution in [2.24, 2.45) is 4.99 Å². The van der Waals surface area contributed by atoms with Gasteiger partial charge in [-0.1, -0.05) is 59.4 Å². The fourth-order valence-corrected chi connectivity index (χ4v) is 7.50. The molecule has 43 heavy (non-hydrogen) atoms. The van der Waals surface area contributed by atoms with E-state index in [2.05, 4.69) is 79.9 Å². The van der Waals surface area contributed by atoms with Gasteiger partial charge in [0.25, 0.3) is 5.56 Å². The number of aromatic nitrogens is 2. The molecule has 7 heteroatoms. The lowest BCUT2D eigenvalue weighted by Gasteiger charge is -2.31. The Morgan fingerprint density at radius 2 is 1.67 bits per heavy atom. The first-order chi connectivity index (χ1) is 20.9. The van der Waals surface area contributed by atoms with Gasteiger partial charge in [-0.3, -0.25) is 9.36 Å². The van der Waals surface area contributed by atoms with Crippen molar-refractivity contribution in [3.63, 3.8) is 0 Å². The average Bonchev–Trinajstić information content (AvgIpc) is 3.49. The number of benzene rings is 3. The number of nitrogens with zero attached hydrogens (tertiary/aromatic N) is 3. The molecule has 0 saturated carbocycles. The van der Waals surface area contributed by atoms with Crippen LogP contribution >= 0.6 is 11.3 Å². The van der Waals surface area contributed by atoms with E-state index in [9.17, 15) is 4.79 Å². The summed E-state index contributed by atoms with van der Waals surface area (Å²) in [5, 5.41) is 0. The van der Waals surface area contributed by atoms with Crippen molar-refractivity contribution in [3.8, 4) is 17.2 Å². The van der Waals surface area contributed by atoms with Gasteiger partial charge in [0, 0.05) is 22.6 Å². The zero-order chi connectivity index (χ0) is 29.8. The van der Waals surface area contributed by atoms with Crippen LogP contribution in [0.5, 0.6) is 11.5 Å². The molecule has 0 saturated heterocycles. The zero-order valence-corrected chi connectivity index (χ0v) is 25.8. The van der Waals surface area contributed by atoms with Crippen LogP contribution < -0.4 is 24.4 Å². The Labute approximate surface area is 254 Å². The summed E-state index contributed by atoms with van der Waals surface area (Å²) in [6.45, 7) is 6.31. The number of thiazole rings is 1. The molecule has 6 nitrogen and oxygen atoms in total. The highest BCUT2D eigenvalue weighted by atomic mass is 32.1. The van der Waals surface area contributed by atoms with Gasteiger partial charge in [-0.2, -0.15) is 0 Å². The standard InChI is InChI=1S/C36H33N3O3S/c1-21-10-14-27(15-11-21)38-22(2)18-26(23(38)3)20-32-35(40)39-34(25-13-17-30(41-4)31(19-25)42-5)29-16-12-24-8-6-7-9-28(24)33(29)37-36(39)43-32/h6-11,13-15,17-20,34H,12,16H2,1-5H3/b32-20+/t34-/m1/s1. The van der Waals surface area contributed by atoms with Gasteiger partial charge in [0.05, 0.1) is 30.5 Å². The van der Waals surface area contributed by atoms with Crippen molar-refractivity contribution >= 4 is 23.1 Å². The van der Waals surface area contributed by atoms with Gasteiger partial charge < -0.3 is 14.0 Å². The highest BCUT2D eigenvalue weighted by molar-refractivity contribution is 7.07. The highest BCUT2D eigenvalue weighted by Crippen LogP contribution is 2.42. The van der Waals surface area contributed by atoms with E-state index < -0.39 is 0 Å². The first-order valence-corrected chi connectivity index (χ1v) is 15.3. The third-order valence-electron chi connectivity index (χ3n) is 8.65. The van der Waals surface area contributed by atoms with Crippen LogP contribution in [0.3, 0.4) is 0 Å². The van der Waals surface area contributed by atoms with E-state index in [1.165, 1.54) is 22.5 Å². The molecule has 3 heterocycles. The predicted octanol–water partition coefficient (Wildman–Crippen LogP) is 6.05. The molecule has 2 aliphatic rings. The molecule has 216 valence electrons. The summed E-state index contributed by atoms with van der Waals surface area (Å²) in [5.41, 5.74) is 11.1. The number of aryl methyl sites for hydroxylation is 3. The second kappa shape index (κ2) is 10.6. The van der Waals surface area contributed by atoms with Crippen LogP contribution in [-0.4, -0.2) is 23.4 Å². The molecule has 0 radical (unpaired) electrons. The minimum Gasteiger partial charge on any atom is -0.493 e. The molecule has 0 amide bonds. The fraction of sp³-hybridized carbons (Fsp3) is 0.222. The molecule has 1 aliphatic carbocycles. The topological polar surface area (TPSA) is 57.8 Å². The molecule has 3 aromatic carbocycles.